The maximum Gasteiger partial charge on any atom is 0.356 e. The molecule has 0 spiro atoms. The van der Waals surface area contributed by atoms with Crippen molar-refractivity contribution < 1.29 is 32.6 Å². The first-order chi connectivity index (χ1) is 18.0. The second-order valence-corrected chi connectivity index (χ2v) is 10.5. The van der Waals surface area contributed by atoms with Crippen LogP contribution in [-0.4, -0.2) is 55.4 Å². The molecule has 0 saturated carbocycles. The molecule has 12 heteroatoms. The molecule has 0 bridgehead atoms. The van der Waals surface area contributed by atoms with E-state index in [0.717, 1.165) is 5.56 Å². The highest BCUT2D eigenvalue weighted by atomic mass is 32.2. The zero-order chi connectivity index (χ0) is 28.0. The number of nitrogens with one attached hydrogen (secondary N) is 2. The van der Waals surface area contributed by atoms with Crippen molar-refractivity contribution in [1.29, 1.82) is 0 Å². The van der Waals surface area contributed by atoms with Crippen LogP contribution in [0.3, 0.4) is 0 Å². The van der Waals surface area contributed by atoms with Crippen LogP contribution in [0.2, 0.25) is 0 Å². The quantitative estimate of drug-likeness (QED) is 0.291. The number of amides is 1. The standard InChI is InChI=1S/C26H32N4O7S/c1-6-17(3)24(31)28-19-9-12-21(22(15-19)38(34,35)27-13-14-36-5)37-25-18(4)23(26(32)33)29-30(25)20-10-7-16(2)8-11-20/h7-12,15,17,27H,6,13-14H2,1-5H3,(H,28,31)(H,32,33). The summed E-state index contributed by atoms with van der Waals surface area (Å²) in [5.41, 5.74) is 1.76. The maximum absolute atomic E-state index is 13.3. The number of carbonyl (C=O) groups is 2. The molecule has 0 aliphatic rings. The number of benzene rings is 2. The van der Waals surface area contributed by atoms with Crippen LogP contribution < -0.4 is 14.8 Å². The number of nitrogens with zero attached hydrogens (tertiary/aromatic N) is 2. The highest BCUT2D eigenvalue weighted by Gasteiger charge is 2.26. The van der Waals surface area contributed by atoms with Crippen LogP contribution in [-0.2, 0) is 19.6 Å². The molecule has 1 aromatic heterocycles. The molecule has 0 aliphatic heterocycles. The SMILES string of the molecule is CCC(C)C(=O)Nc1ccc(Oc2c(C)c(C(=O)O)nn2-c2ccc(C)cc2)c(S(=O)(=O)NCCOC)c1. The van der Waals surface area contributed by atoms with Gasteiger partial charge in [0.05, 0.1) is 12.3 Å². The Kier molecular flexibility index (Phi) is 9.26. The van der Waals surface area contributed by atoms with E-state index in [-0.39, 0.29) is 58.4 Å². The van der Waals surface area contributed by atoms with E-state index in [0.29, 0.717) is 12.1 Å². The lowest BCUT2D eigenvalue weighted by atomic mass is 10.1. The Labute approximate surface area is 221 Å². The first kappa shape index (κ1) is 28.8. The first-order valence-corrected chi connectivity index (χ1v) is 13.5. The van der Waals surface area contributed by atoms with Gasteiger partial charge in [-0.15, -0.1) is 0 Å². The predicted octanol–water partition coefficient (Wildman–Crippen LogP) is 3.89. The normalized spacial score (nSPS) is 12.2. The van der Waals surface area contributed by atoms with Crippen molar-refractivity contribution in [1.82, 2.24) is 14.5 Å². The minimum absolute atomic E-state index is 0.00518. The lowest BCUT2D eigenvalue weighted by Crippen LogP contribution is -2.28. The highest BCUT2D eigenvalue weighted by molar-refractivity contribution is 7.89. The van der Waals surface area contributed by atoms with Crippen molar-refractivity contribution in [2.45, 2.75) is 39.0 Å². The molecule has 11 nitrogen and oxygen atoms in total. The van der Waals surface area contributed by atoms with Crippen LogP contribution in [0, 0.1) is 19.8 Å². The topological polar surface area (TPSA) is 149 Å². The van der Waals surface area contributed by atoms with E-state index in [1.165, 1.54) is 36.9 Å². The summed E-state index contributed by atoms with van der Waals surface area (Å²) in [4.78, 5) is 24.0. The smallest absolute Gasteiger partial charge is 0.356 e. The van der Waals surface area contributed by atoms with Crippen LogP contribution in [0.25, 0.3) is 5.69 Å². The largest absolute Gasteiger partial charge is 0.476 e. The fourth-order valence-corrected chi connectivity index (χ4v) is 4.62. The van der Waals surface area contributed by atoms with E-state index in [9.17, 15) is 23.1 Å². The number of carboxylic acids is 1. The van der Waals surface area contributed by atoms with E-state index in [1.54, 1.807) is 19.1 Å². The number of aromatic nitrogens is 2. The molecular weight excluding hydrogens is 512 g/mol. The summed E-state index contributed by atoms with van der Waals surface area (Å²) in [5, 5.41) is 16.6. The molecule has 0 radical (unpaired) electrons. The Morgan fingerprint density at radius 2 is 1.82 bits per heavy atom. The third-order valence-electron chi connectivity index (χ3n) is 5.92. The predicted molar refractivity (Wildman–Crippen MR) is 142 cm³/mol. The van der Waals surface area contributed by atoms with Gasteiger partial charge in [0.1, 0.15) is 10.6 Å². The van der Waals surface area contributed by atoms with Crippen molar-refractivity contribution in [3.63, 3.8) is 0 Å². The Morgan fingerprint density at radius 3 is 2.42 bits per heavy atom. The van der Waals surface area contributed by atoms with Crippen molar-refractivity contribution in [3.05, 3.63) is 59.3 Å². The number of hydrogen-bond donors (Lipinski definition) is 3. The lowest BCUT2D eigenvalue weighted by molar-refractivity contribution is -0.119. The Bertz CT molecular complexity index is 1420. The summed E-state index contributed by atoms with van der Waals surface area (Å²) >= 11 is 0. The molecule has 0 saturated heterocycles. The molecule has 0 aliphatic carbocycles. The fourth-order valence-electron chi connectivity index (χ4n) is 3.46. The molecule has 2 aromatic carbocycles. The molecule has 3 N–H and O–H groups in total. The third kappa shape index (κ3) is 6.57. The molecule has 1 unspecified atom stereocenters. The molecule has 1 amide bonds. The molecule has 204 valence electrons. The second kappa shape index (κ2) is 12.2. The van der Waals surface area contributed by atoms with E-state index < -0.39 is 16.0 Å². The second-order valence-electron chi connectivity index (χ2n) is 8.78. The minimum atomic E-state index is -4.13. The van der Waals surface area contributed by atoms with Gasteiger partial charge in [-0.05, 0) is 50.6 Å². The molecule has 3 aromatic rings. The number of hydrogen-bond acceptors (Lipinski definition) is 7. The van der Waals surface area contributed by atoms with E-state index in [2.05, 4.69) is 15.1 Å². The molecular formula is C26H32N4O7S. The van der Waals surface area contributed by atoms with Crippen LogP contribution in [0.15, 0.2) is 47.4 Å². The van der Waals surface area contributed by atoms with Crippen molar-refractivity contribution in [3.8, 4) is 17.3 Å². The van der Waals surface area contributed by atoms with Crippen LogP contribution >= 0.6 is 0 Å². The van der Waals surface area contributed by atoms with Crippen LogP contribution in [0.4, 0.5) is 5.69 Å². The average molecular weight is 545 g/mol. The third-order valence-corrected chi connectivity index (χ3v) is 7.40. The maximum atomic E-state index is 13.3. The van der Waals surface area contributed by atoms with Crippen LogP contribution in [0.5, 0.6) is 11.6 Å². The van der Waals surface area contributed by atoms with Gasteiger partial charge in [-0.2, -0.15) is 9.78 Å². The van der Waals surface area contributed by atoms with E-state index in [4.69, 9.17) is 9.47 Å². The van der Waals surface area contributed by atoms with E-state index in [1.807, 2.05) is 26.0 Å². The van der Waals surface area contributed by atoms with Gasteiger partial charge in [0.2, 0.25) is 21.8 Å². The number of ether oxygens (including phenoxy) is 2. The number of sulfonamides is 1. The molecule has 38 heavy (non-hydrogen) atoms. The Morgan fingerprint density at radius 1 is 1.13 bits per heavy atom. The molecule has 3 rings (SSSR count). The molecule has 0 fully saturated rings. The monoisotopic (exact) mass is 544 g/mol. The highest BCUT2D eigenvalue weighted by Crippen LogP contribution is 2.35. The number of aromatic carboxylic acids is 1. The number of carbonyl (C=O) groups excluding carboxylic acids is 1. The fraction of sp³-hybridized carbons (Fsp3) is 0.346. The number of methoxy groups -OCH3 is 1. The summed E-state index contributed by atoms with van der Waals surface area (Å²) in [6.07, 6.45) is 0.616. The molecule has 1 atom stereocenters. The van der Waals surface area contributed by atoms with Gasteiger partial charge in [0, 0.05) is 30.8 Å². The van der Waals surface area contributed by atoms with Gasteiger partial charge < -0.3 is 19.9 Å². The van der Waals surface area contributed by atoms with Gasteiger partial charge >= 0.3 is 5.97 Å². The van der Waals surface area contributed by atoms with Gasteiger partial charge in [-0.1, -0.05) is 31.5 Å². The summed E-state index contributed by atoms with van der Waals surface area (Å²) in [6.45, 7) is 7.23. The van der Waals surface area contributed by atoms with E-state index >= 15 is 0 Å². The summed E-state index contributed by atoms with van der Waals surface area (Å²) in [5.74, 6) is -1.82. The summed E-state index contributed by atoms with van der Waals surface area (Å²) < 4.78 is 41.3. The number of carboxylic acid groups (broad SMARTS) is 1. The van der Waals surface area contributed by atoms with Crippen molar-refractivity contribution in [2.75, 3.05) is 25.6 Å². The summed E-state index contributed by atoms with van der Waals surface area (Å²) in [7, 11) is -2.68. The van der Waals surface area contributed by atoms with Gasteiger partial charge in [-0.3, -0.25) is 4.79 Å². The Hall–Kier alpha value is -3.74. The number of anilines is 1. The van der Waals surface area contributed by atoms with Gasteiger partial charge in [0.15, 0.2) is 5.69 Å². The summed E-state index contributed by atoms with van der Waals surface area (Å²) in [6, 6.07) is 11.4. The van der Waals surface area contributed by atoms with Gasteiger partial charge in [0.25, 0.3) is 0 Å². The average Bonchev–Trinajstić information content (AvgIpc) is 3.20. The van der Waals surface area contributed by atoms with Crippen LogP contribution in [0.1, 0.15) is 41.9 Å². The number of aryl methyl sites for hydroxylation is 1. The minimum Gasteiger partial charge on any atom is -0.476 e. The van der Waals surface area contributed by atoms with Crippen molar-refractivity contribution in [2.24, 2.45) is 5.92 Å². The Balaban J connectivity index is 2.12. The zero-order valence-corrected chi connectivity index (χ0v) is 22.8. The number of rotatable bonds is 12. The van der Waals surface area contributed by atoms with Crippen molar-refractivity contribution >= 4 is 27.6 Å². The van der Waals surface area contributed by atoms with Gasteiger partial charge in [-0.25, -0.2) is 17.9 Å². The molecule has 1 heterocycles. The zero-order valence-electron chi connectivity index (χ0n) is 21.9. The first-order valence-electron chi connectivity index (χ1n) is 12.0. The lowest BCUT2D eigenvalue weighted by Gasteiger charge is -2.16.